The first-order chi connectivity index (χ1) is 12.8. The zero-order valence-corrected chi connectivity index (χ0v) is 20.1. The molecule has 0 aliphatic carbocycles. The van der Waals surface area contributed by atoms with Gasteiger partial charge < -0.3 is 10.6 Å². The molecule has 10 heteroatoms. The summed E-state index contributed by atoms with van der Waals surface area (Å²) in [5.41, 5.74) is 1.04. The van der Waals surface area contributed by atoms with Crippen LogP contribution in [-0.4, -0.2) is 45.9 Å². The van der Waals surface area contributed by atoms with Crippen molar-refractivity contribution in [1.82, 2.24) is 14.9 Å². The van der Waals surface area contributed by atoms with Gasteiger partial charge in [0.25, 0.3) is 10.0 Å². The first kappa shape index (κ1) is 24.8. The lowest BCUT2D eigenvalue weighted by molar-refractivity contribution is 0.523. The second kappa shape index (κ2) is 11.7. The zero-order chi connectivity index (χ0) is 19.9. The molecule has 0 amide bonds. The van der Waals surface area contributed by atoms with Gasteiger partial charge in [-0.05, 0) is 43.2 Å². The SMILES string of the molecule is CCNC(=NCc1ccc(S(=O)(=O)N(C)C)s1)NCCc1ccc(F)cc1.I. The van der Waals surface area contributed by atoms with E-state index >= 15 is 0 Å². The van der Waals surface area contributed by atoms with E-state index in [-0.39, 0.29) is 29.8 Å². The molecule has 2 rings (SSSR count). The van der Waals surface area contributed by atoms with Gasteiger partial charge in [0.05, 0.1) is 6.54 Å². The van der Waals surface area contributed by atoms with Gasteiger partial charge in [0.1, 0.15) is 10.0 Å². The molecule has 0 spiro atoms. The van der Waals surface area contributed by atoms with E-state index < -0.39 is 10.0 Å². The molecule has 0 bridgehead atoms. The first-order valence-electron chi connectivity index (χ1n) is 8.60. The number of thiophene rings is 1. The quantitative estimate of drug-likeness (QED) is 0.307. The highest BCUT2D eigenvalue weighted by Gasteiger charge is 2.19. The van der Waals surface area contributed by atoms with Gasteiger partial charge in [-0.3, -0.25) is 0 Å². The summed E-state index contributed by atoms with van der Waals surface area (Å²) in [7, 11) is -0.377. The topological polar surface area (TPSA) is 73.8 Å². The lowest BCUT2D eigenvalue weighted by Gasteiger charge is -2.11. The Morgan fingerprint density at radius 1 is 1.14 bits per heavy atom. The van der Waals surface area contributed by atoms with Crippen molar-refractivity contribution in [2.24, 2.45) is 4.99 Å². The smallest absolute Gasteiger partial charge is 0.252 e. The van der Waals surface area contributed by atoms with E-state index in [9.17, 15) is 12.8 Å². The van der Waals surface area contributed by atoms with Crippen LogP contribution in [0.4, 0.5) is 4.39 Å². The molecule has 0 saturated carbocycles. The van der Waals surface area contributed by atoms with Crippen LogP contribution in [0.5, 0.6) is 0 Å². The van der Waals surface area contributed by atoms with Crippen LogP contribution in [0.15, 0.2) is 45.6 Å². The number of guanidine groups is 1. The molecule has 0 aliphatic rings. The van der Waals surface area contributed by atoms with Gasteiger partial charge in [-0.15, -0.1) is 35.3 Å². The van der Waals surface area contributed by atoms with E-state index in [1.807, 2.05) is 6.92 Å². The second-order valence-corrected chi connectivity index (χ2v) is 9.55. The van der Waals surface area contributed by atoms with Crippen molar-refractivity contribution >= 4 is 51.3 Å². The van der Waals surface area contributed by atoms with Crippen LogP contribution in [0.2, 0.25) is 0 Å². The van der Waals surface area contributed by atoms with Crippen LogP contribution < -0.4 is 10.6 Å². The molecular weight excluding hydrogens is 514 g/mol. The average Bonchev–Trinajstić information content (AvgIpc) is 3.11. The summed E-state index contributed by atoms with van der Waals surface area (Å²) in [4.78, 5) is 5.37. The lowest BCUT2D eigenvalue weighted by Crippen LogP contribution is -2.38. The van der Waals surface area contributed by atoms with Gasteiger partial charge in [0, 0.05) is 32.1 Å². The minimum atomic E-state index is -3.41. The summed E-state index contributed by atoms with van der Waals surface area (Å²) < 4.78 is 38.7. The predicted octanol–water partition coefficient (Wildman–Crippen LogP) is 3.05. The molecular formula is C18H26FIN4O2S2. The number of rotatable bonds is 8. The Labute approximate surface area is 187 Å². The zero-order valence-electron chi connectivity index (χ0n) is 16.1. The number of aliphatic imine (C=N–C) groups is 1. The van der Waals surface area contributed by atoms with Crippen molar-refractivity contribution in [2.75, 3.05) is 27.2 Å². The van der Waals surface area contributed by atoms with Crippen LogP contribution in [0, 0.1) is 5.82 Å². The fraction of sp³-hybridized carbons (Fsp3) is 0.389. The van der Waals surface area contributed by atoms with E-state index in [2.05, 4.69) is 15.6 Å². The third-order valence-electron chi connectivity index (χ3n) is 3.73. The Kier molecular flexibility index (Phi) is 10.4. The number of nitrogens with zero attached hydrogens (tertiary/aromatic N) is 2. The number of benzene rings is 1. The molecule has 0 unspecified atom stereocenters. The van der Waals surface area contributed by atoms with Crippen LogP contribution >= 0.6 is 35.3 Å². The van der Waals surface area contributed by atoms with Crippen LogP contribution in [0.3, 0.4) is 0 Å². The Bertz CT molecular complexity index is 868. The fourth-order valence-electron chi connectivity index (χ4n) is 2.24. The van der Waals surface area contributed by atoms with E-state index in [0.717, 1.165) is 16.9 Å². The number of nitrogens with one attached hydrogen (secondary N) is 2. The Morgan fingerprint density at radius 3 is 2.43 bits per heavy atom. The monoisotopic (exact) mass is 540 g/mol. The number of sulfonamides is 1. The highest BCUT2D eigenvalue weighted by Crippen LogP contribution is 2.24. The maximum Gasteiger partial charge on any atom is 0.252 e. The van der Waals surface area contributed by atoms with Gasteiger partial charge in [-0.25, -0.2) is 22.1 Å². The molecule has 1 aromatic heterocycles. The lowest BCUT2D eigenvalue weighted by atomic mass is 10.1. The van der Waals surface area contributed by atoms with Crippen molar-refractivity contribution in [2.45, 2.75) is 24.1 Å². The van der Waals surface area contributed by atoms with Gasteiger partial charge >= 0.3 is 0 Å². The van der Waals surface area contributed by atoms with Crippen LogP contribution in [0.25, 0.3) is 0 Å². The maximum atomic E-state index is 12.9. The Balaban J connectivity index is 0.00000392. The third-order valence-corrected chi connectivity index (χ3v) is 7.08. The number of hydrogen-bond acceptors (Lipinski definition) is 4. The molecule has 0 aliphatic heterocycles. The van der Waals surface area contributed by atoms with Crippen LogP contribution in [-0.2, 0) is 23.0 Å². The van der Waals surface area contributed by atoms with Crippen molar-refractivity contribution < 1.29 is 12.8 Å². The summed E-state index contributed by atoms with van der Waals surface area (Å²) in [6.07, 6.45) is 0.745. The summed E-state index contributed by atoms with van der Waals surface area (Å²) in [5.74, 6) is 0.415. The average molecular weight is 540 g/mol. The van der Waals surface area contributed by atoms with Gasteiger partial charge in [0.2, 0.25) is 0 Å². The van der Waals surface area contributed by atoms with Gasteiger partial charge in [-0.2, -0.15) is 0 Å². The first-order valence-corrected chi connectivity index (χ1v) is 10.9. The minimum Gasteiger partial charge on any atom is -0.357 e. The molecule has 6 nitrogen and oxygen atoms in total. The molecule has 0 radical (unpaired) electrons. The normalized spacial score (nSPS) is 12.0. The van der Waals surface area contributed by atoms with Crippen LogP contribution in [0.1, 0.15) is 17.4 Å². The van der Waals surface area contributed by atoms with Gasteiger partial charge in [0.15, 0.2) is 5.96 Å². The highest BCUT2D eigenvalue weighted by molar-refractivity contribution is 14.0. The maximum absolute atomic E-state index is 12.9. The van der Waals surface area contributed by atoms with Crippen molar-refractivity contribution in [3.05, 3.63) is 52.7 Å². The second-order valence-electron chi connectivity index (χ2n) is 6.01. The summed E-state index contributed by atoms with van der Waals surface area (Å²) >= 11 is 1.22. The minimum absolute atomic E-state index is 0. The van der Waals surface area contributed by atoms with E-state index in [1.165, 1.54) is 41.9 Å². The number of halogens is 2. The van der Waals surface area contributed by atoms with E-state index in [0.29, 0.717) is 29.8 Å². The molecule has 0 atom stereocenters. The van der Waals surface area contributed by atoms with E-state index in [4.69, 9.17) is 0 Å². The Morgan fingerprint density at radius 2 is 1.82 bits per heavy atom. The third kappa shape index (κ3) is 7.30. The summed E-state index contributed by atoms with van der Waals surface area (Å²) in [6.45, 7) is 3.73. The van der Waals surface area contributed by atoms with Gasteiger partial charge in [-0.1, -0.05) is 12.1 Å². The fourth-order valence-corrected chi connectivity index (χ4v) is 4.69. The summed E-state index contributed by atoms with van der Waals surface area (Å²) in [6, 6.07) is 9.82. The predicted molar refractivity (Wildman–Crippen MR) is 124 cm³/mol. The molecule has 156 valence electrons. The molecule has 0 saturated heterocycles. The summed E-state index contributed by atoms with van der Waals surface area (Å²) in [5, 5.41) is 6.39. The highest BCUT2D eigenvalue weighted by atomic mass is 127. The Hall–Kier alpha value is -1.24. The standard InChI is InChI=1S/C18H25FN4O2S2.HI/c1-4-20-18(21-12-11-14-5-7-15(19)8-6-14)22-13-16-9-10-17(26-16)27(24,25)23(2)3;/h5-10H,4,11-13H2,1-3H3,(H2,20,21,22);1H. The van der Waals surface area contributed by atoms with Crippen molar-refractivity contribution in [3.63, 3.8) is 0 Å². The van der Waals surface area contributed by atoms with E-state index in [1.54, 1.807) is 24.3 Å². The molecule has 2 aromatic rings. The molecule has 28 heavy (non-hydrogen) atoms. The van der Waals surface area contributed by atoms with Crippen molar-refractivity contribution in [1.29, 1.82) is 0 Å². The molecule has 2 N–H and O–H groups in total. The largest absolute Gasteiger partial charge is 0.357 e. The molecule has 1 aromatic carbocycles. The molecule has 0 fully saturated rings. The number of hydrogen-bond donors (Lipinski definition) is 2. The molecule has 1 heterocycles. The van der Waals surface area contributed by atoms with Crippen molar-refractivity contribution in [3.8, 4) is 0 Å².